The van der Waals surface area contributed by atoms with Crippen molar-refractivity contribution in [2.45, 2.75) is 5.41 Å². The number of hydrogen-bond donors (Lipinski definition) is 0. The fraction of sp³-hybridized carbons (Fsp3) is 0.0227. The molecule has 7 aromatic carbocycles. The highest BCUT2D eigenvalue weighted by atomic mass is 19.1. The molecule has 0 heterocycles. The van der Waals surface area contributed by atoms with Crippen LogP contribution < -0.4 is 4.90 Å². The Bertz CT molecular complexity index is 2320. The molecule has 0 saturated carbocycles. The molecule has 0 unspecified atom stereocenters. The maximum Gasteiger partial charge on any atom is 0.123 e. The number of para-hydroxylation sites is 1. The molecule has 0 saturated heterocycles. The minimum Gasteiger partial charge on any atom is -0.310 e. The molecule has 3 heteroatoms. The molecule has 2 nitrogen and oxygen atoms in total. The molecule has 9 rings (SSSR count). The van der Waals surface area contributed by atoms with Gasteiger partial charge in [-0.3, -0.25) is 0 Å². The summed E-state index contributed by atoms with van der Waals surface area (Å²) in [6, 6.07) is 58.1. The number of hydrogen-bond acceptors (Lipinski definition) is 2. The highest BCUT2D eigenvalue weighted by Crippen LogP contribution is 2.63. The fourth-order valence-electron chi connectivity index (χ4n) is 7.88. The number of nitrogens with zero attached hydrogens (tertiary/aromatic N) is 2. The van der Waals surface area contributed by atoms with Crippen LogP contribution in [0.15, 0.2) is 164 Å². The number of rotatable bonds is 4. The topological polar surface area (TPSA) is 27.0 Å². The third-order valence-electron chi connectivity index (χ3n) is 9.79. The van der Waals surface area contributed by atoms with Crippen molar-refractivity contribution in [2.75, 3.05) is 4.90 Å². The Balaban J connectivity index is 1.33. The van der Waals surface area contributed by atoms with E-state index in [1.54, 1.807) is 0 Å². The fourth-order valence-corrected chi connectivity index (χ4v) is 7.88. The summed E-state index contributed by atoms with van der Waals surface area (Å²) in [4.78, 5) is 2.25. The second kappa shape index (κ2) is 10.4. The van der Waals surface area contributed by atoms with E-state index < -0.39 is 5.41 Å². The van der Waals surface area contributed by atoms with Gasteiger partial charge in [0.05, 0.1) is 22.7 Å². The van der Waals surface area contributed by atoms with E-state index >= 15 is 0 Å². The second-order valence-electron chi connectivity index (χ2n) is 12.1. The molecular formula is C44H27FN2. The van der Waals surface area contributed by atoms with Crippen molar-refractivity contribution in [1.29, 1.82) is 5.26 Å². The van der Waals surface area contributed by atoms with Crippen LogP contribution in [0, 0.1) is 17.1 Å². The second-order valence-corrected chi connectivity index (χ2v) is 12.1. The van der Waals surface area contributed by atoms with Crippen molar-refractivity contribution in [1.82, 2.24) is 0 Å². The Morgan fingerprint density at radius 2 is 0.957 bits per heavy atom. The van der Waals surface area contributed by atoms with Gasteiger partial charge in [-0.2, -0.15) is 5.26 Å². The van der Waals surface area contributed by atoms with Crippen LogP contribution in [-0.2, 0) is 5.41 Å². The first-order valence-electron chi connectivity index (χ1n) is 15.8. The summed E-state index contributed by atoms with van der Waals surface area (Å²) >= 11 is 0. The third-order valence-corrected chi connectivity index (χ3v) is 9.79. The summed E-state index contributed by atoms with van der Waals surface area (Å²) < 4.78 is 14.0. The van der Waals surface area contributed by atoms with E-state index in [-0.39, 0.29) is 5.82 Å². The van der Waals surface area contributed by atoms with Crippen LogP contribution in [0.25, 0.3) is 33.4 Å². The molecule has 0 fully saturated rings. The van der Waals surface area contributed by atoms with Gasteiger partial charge in [-0.15, -0.1) is 0 Å². The summed E-state index contributed by atoms with van der Waals surface area (Å²) in [5, 5.41) is 9.59. The minimum atomic E-state index is -0.470. The van der Waals surface area contributed by atoms with Crippen LogP contribution in [0.5, 0.6) is 0 Å². The number of halogens is 1. The standard InChI is InChI=1S/C44H27FN2/c45-31-21-19-30(20-22-31)34-9-4-8-16-43(34)47(32-23-17-29(28-46)18-24-32)33-25-26-38-37-12-3-7-15-41(37)44(42(38)27-33)39-13-5-1-10-35(39)36-11-2-6-14-40(36)44/h1-27H. The molecule has 2 aliphatic rings. The zero-order valence-corrected chi connectivity index (χ0v) is 25.4. The molecular weight excluding hydrogens is 575 g/mol. The molecule has 0 radical (unpaired) electrons. The molecule has 0 aliphatic heterocycles. The van der Waals surface area contributed by atoms with Crippen LogP contribution in [0.1, 0.15) is 27.8 Å². The van der Waals surface area contributed by atoms with Crippen molar-refractivity contribution in [3.8, 4) is 39.4 Å². The van der Waals surface area contributed by atoms with Gasteiger partial charge in [-0.25, -0.2) is 4.39 Å². The predicted octanol–water partition coefficient (Wildman–Crippen LogP) is 11.2. The van der Waals surface area contributed by atoms with Crippen molar-refractivity contribution < 1.29 is 4.39 Å². The van der Waals surface area contributed by atoms with Gasteiger partial charge in [0.15, 0.2) is 0 Å². The Hall–Kier alpha value is -6.24. The average molecular weight is 603 g/mol. The van der Waals surface area contributed by atoms with E-state index in [2.05, 4.69) is 114 Å². The summed E-state index contributed by atoms with van der Waals surface area (Å²) in [6.45, 7) is 0. The van der Waals surface area contributed by atoms with Gasteiger partial charge < -0.3 is 4.90 Å². The number of anilines is 3. The van der Waals surface area contributed by atoms with E-state index in [4.69, 9.17) is 0 Å². The first-order valence-corrected chi connectivity index (χ1v) is 15.8. The van der Waals surface area contributed by atoms with Crippen molar-refractivity contribution in [3.63, 3.8) is 0 Å². The average Bonchev–Trinajstić information content (AvgIpc) is 3.60. The lowest BCUT2D eigenvalue weighted by Gasteiger charge is -2.32. The molecule has 1 spiro atoms. The molecule has 7 aromatic rings. The Kier molecular flexibility index (Phi) is 6.00. The van der Waals surface area contributed by atoms with Crippen LogP contribution in [-0.4, -0.2) is 0 Å². The third kappa shape index (κ3) is 3.89. The molecule has 0 N–H and O–H groups in total. The highest BCUT2D eigenvalue weighted by molar-refractivity contribution is 5.97. The van der Waals surface area contributed by atoms with Gasteiger partial charge in [-0.05, 0) is 105 Å². The summed E-state index contributed by atoms with van der Waals surface area (Å²) in [5.74, 6) is -0.268. The molecule has 0 bridgehead atoms. The zero-order chi connectivity index (χ0) is 31.5. The monoisotopic (exact) mass is 602 g/mol. The van der Waals surface area contributed by atoms with Crippen LogP contribution in [0.4, 0.5) is 21.5 Å². The molecule has 0 atom stereocenters. The van der Waals surface area contributed by atoms with E-state index in [0.717, 1.165) is 28.2 Å². The predicted molar refractivity (Wildman–Crippen MR) is 188 cm³/mol. The van der Waals surface area contributed by atoms with Crippen LogP contribution >= 0.6 is 0 Å². The van der Waals surface area contributed by atoms with E-state index in [1.165, 1.54) is 56.6 Å². The van der Waals surface area contributed by atoms with Gasteiger partial charge in [0.1, 0.15) is 5.82 Å². The normalized spacial score (nSPS) is 12.9. The molecule has 2 aliphatic carbocycles. The SMILES string of the molecule is N#Cc1ccc(N(c2ccc3c(c2)C2(c4ccccc4-c4ccccc42)c2ccccc2-3)c2ccccc2-c2ccc(F)cc2)cc1. The van der Waals surface area contributed by atoms with Gasteiger partial charge in [0.25, 0.3) is 0 Å². The van der Waals surface area contributed by atoms with E-state index in [1.807, 2.05) is 48.5 Å². The largest absolute Gasteiger partial charge is 0.310 e. The maximum absolute atomic E-state index is 14.0. The smallest absolute Gasteiger partial charge is 0.123 e. The van der Waals surface area contributed by atoms with Gasteiger partial charge in [-0.1, -0.05) is 109 Å². The van der Waals surface area contributed by atoms with Crippen molar-refractivity contribution in [2.24, 2.45) is 0 Å². The molecule has 0 amide bonds. The Labute approximate surface area is 273 Å². The molecule has 220 valence electrons. The Morgan fingerprint density at radius 1 is 0.468 bits per heavy atom. The summed E-state index contributed by atoms with van der Waals surface area (Å²) in [7, 11) is 0. The molecule has 0 aromatic heterocycles. The number of benzene rings is 7. The van der Waals surface area contributed by atoms with Crippen LogP contribution in [0.2, 0.25) is 0 Å². The lowest BCUT2D eigenvalue weighted by atomic mass is 9.70. The van der Waals surface area contributed by atoms with Crippen molar-refractivity contribution in [3.05, 3.63) is 197 Å². The zero-order valence-electron chi connectivity index (χ0n) is 25.4. The first-order chi connectivity index (χ1) is 23.2. The highest BCUT2D eigenvalue weighted by Gasteiger charge is 2.51. The van der Waals surface area contributed by atoms with Crippen LogP contribution in [0.3, 0.4) is 0 Å². The number of nitriles is 1. The number of fused-ring (bicyclic) bond motifs is 10. The van der Waals surface area contributed by atoms with Gasteiger partial charge in [0, 0.05) is 16.9 Å². The maximum atomic E-state index is 14.0. The van der Waals surface area contributed by atoms with Gasteiger partial charge in [0.2, 0.25) is 0 Å². The lowest BCUT2D eigenvalue weighted by Crippen LogP contribution is -2.26. The minimum absolute atomic E-state index is 0.268. The van der Waals surface area contributed by atoms with Gasteiger partial charge >= 0.3 is 0 Å². The van der Waals surface area contributed by atoms with E-state index in [0.29, 0.717) is 5.56 Å². The summed E-state index contributed by atoms with van der Waals surface area (Å²) in [6.07, 6.45) is 0. The lowest BCUT2D eigenvalue weighted by molar-refractivity contribution is 0.628. The van der Waals surface area contributed by atoms with Crippen molar-refractivity contribution >= 4 is 17.1 Å². The Morgan fingerprint density at radius 3 is 1.53 bits per heavy atom. The van der Waals surface area contributed by atoms with E-state index in [9.17, 15) is 9.65 Å². The first kappa shape index (κ1) is 27.1. The quantitative estimate of drug-likeness (QED) is 0.200. The summed E-state index contributed by atoms with van der Waals surface area (Å²) in [5.41, 5.74) is 15.0. The molecule has 47 heavy (non-hydrogen) atoms.